The Bertz CT molecular complexity index is 899. The number of hydrogen-bond acceptors (Lipinski definition) is 5. The number of aryl methyl sites for hydroxylation is 1. The van der Waals surface area contributed by atoms with Crippen molar-refractivity contribution in [2.24, 2.45) is 7.05 Å². The molecule has 1 saturated heterocycles. The van der Waals surface area contributed by atoms with Crippen LogP contribution in [0.4, 0.5) is 5.69 Å². The van der Waals surface area contributed by atoms with Crippen LogP contribution in [0, 0.1) is 0 Å². The van der Waals surface area contributed by atoms with Crippen LogP contribution in [0.5, 0.6) is 0 Å². The van der Waals surface area contributed by atoms with Crippen molar-refractivity contribution in [1.29, 1.82) is 0 Å². The molecule has 0 spiro atoms. The minimum atomic E-state index is -3.70. The summed E-state index contributed by atoms with van der Waals surface area (Å²) in [6, 6.07) is 6.04. The van der Waals surface area contributed by atoms with E-state index in [2.05, 4.69) is 10.4 Å². The molecule has 140 valence electrons. The van der Waals surface area contributed by atoms with Gasteiger partial charge >= 0.3 is 0 Å². The molecule has 0 aliphatic carbocycles. The monoisotopic (exact) mass is 378 g/mol. The normalized spacial score (nSPS) is 21.5. The zero-order valence-electron chi connectivity index (χ0n) is 14.9. The third-order valence-electron chi connectivity index (χ3n) is 4.08. The van der Waals surface area contributed by atoms with Gasteiger partial charge in [-0.05, 0) is 32.0 Å². The Morgan fingerprint density at radius 3 is 2.58 bits per heavy atom. The summed E-state index contributed by atoms with van der Waals surface area (Å²) in [5, 5.41) is 6.68. The molecule has 1 aliphatic rings. The van der Waals surface area contributed by atoms with Crippen molar-refractivity contribution in [3.63, 3.8) is 0 Å². The lowest BCUT2D eigenvalue weighted by Gasteiger charge is -2.34. The van der Waals surface area contributed by atoms with Crippen LogP contribution in [0.1, 0.15) is 24.2 Å². The van der Waals surface area contributed by atoms with E-state index in [-0.39, 0.29) is 22.7 Å². The maximum atomic E-state index is 12.9. The van der Waals surface area contributed by atoms with Gasteiger partial charge in [0.05, 0.1) is 29.0 Å². The summed E-state index contributed by atoms with van der Waals surface area (Å²) in [6.45, 7) is 4.27. The zero-order chi connectivity index (χ0) is 18.9. The minimum Gasteiger partial charge on any atom is -0.373 e. The predicted octanol–water partition coefficient (Wildman–Crippen LogP) is 1.47. The molecule has 2 atom stereocenters. The summed E-state index contributed by atoms with van der Waals surface area (Å²) in [5.41, 5.74) is 0.811. The third-order valence-corrected chi connectivity index (χ3v) is 5.91. The van der Waals surface area contributed by atoms with E-state index in [9.17, 15) is 13.2 Å². The Morgan fingerprint density at radius 2 is 1.96 bits per heavy atom. The van der Waals surface area contributed by atoms with Crippen LogP contribution in [0.2, 0.25) is 0 Å². The fourth-order valence-electron chi connectivity index (χ4n) is 2.96. The Balaban J connectivity index is 1.82. The van der Waals surface area contributed by atoms with Crippen molar-refractivity contribution in [2.75, 3.05) is 18.4 Å². The molecule has 26 heavy (non-hydrogen) atoms. The van der Waals surface area contributed by atoms with Gasteiger partial charge in [0.25, 0.3) is 5.91 Å². The average molecular weight is 378 g/mol. The number of benzene rings is 1. The quantitative estimate of drug-likeness (QED) is 0.870. The van der Waals surface area contributed by atoms with E-state index in [0.29, 0.717) is 18.8 Å². The molecule has 9 heteroatoms. The summed E-state index contributed by atoms with van der Waals surface area (Å²) in [6.07, 6.45) is 2.83. The molecule has 3 rings (SSSR count). The number of carbonyl (C=O) groups is 1. The number of nitrogens with one attached hydrogen (secondary N) is 1. The van der Waals surface area contributed by atoms with Gasteiger partial charge in [-0.15, -0.1) is 0 Å². The molecule has 0 radical (unpaired) electrons. The van der Waals surface area contributed by atoms with E-state index < -0.39 is 15.9 Å². The molecule has 1 amide bonds. The highest BCUT2D eigenvalue weighted by Crippen LogP contribution is 2.22. The first-order valence-corrected chi connectivity index (χ1v) is 9.75. The minimum absolute atomic E-state index is 0.0950. The topological polar surface area (TPSA) is 93.5 Å². The van der Waals surface area contributed by atoms with Crippen molar-refractivity contribution < 1.29 is 17.9 Å². The van der Waals surface area contributed by atoms with Crippen molar-refractivity contribution in [3.8, 4) is 0 Å². The second-order valence-electron chi connectivity index (χ2n) is 6.46. The van der Waals surface area contributed by atoms with E-state index in [1.807, 2.05) is 13.8 Å². The van der Waals surface area contributed by atoms with Crippen molar-refractivity contribution in [1.82, 2.24) is 14.1 Å². The van der Waals surface area contributed by atoms with Gasteiger partial charge in [-0.25, -0.2) is 8.42 Å². The second-order valence-corrected chi connectivity index (χ2v) is 8.40. The van der Waals surface area contributed by atoms with Gasteiger partial charge in [0.2, 0.25) is 10.0 Å². The number of anilines is 1. The summed E-state index contributed by atoms with van der Waals surface area (Å²) < 4.78 is 34.5. The van der Waals surface area contributed by atoms with Crippen LogP contribution in [0.15, 0.2) is 41.6 Å². The molecule has 0 unspecified atom stereocenters. The van der Waals surface area contributed by atoms with Gasteiger partial charge in [-0.3, -0.25) is 9.48 Å². The maximum Gasteiger partial charge on any atom is 0.255 e. The average Bonchev–Trinajstić information content (AvgIpc) is 2.99. The smallest absolute Gasteiger partial charge is 0.255 e. The highest BCUT2D eigenvalue weighted by Gasteiger charge is 2.32. The summed E-state index contributed by atoms with van der Waals surface area (Å²) in [5.74, 6) is -0.390. The number of aromatic nitrogens is 2. The largest absolute Gasteiger partial charge is 0.373 e. The maximum absolute atomic E-state index is 12.9. The summed E-state index contributed by atoms with van der Waals surface area (Å²) in [4.78, 5) is 12.5. The van der Waals surface area contributed by atoms with Crippen molar-refractivity contribution >= 4 is 21.6 Å². The molecular weight excluding hydrogens is 356 g/mol. The van der Waals surface area contributed by atoms with Crippen LogP contribution in [-0.2, 0) is 21.8 Å². The van der Waals surface area contributed by atoms with Gasteiger partial charge < -0.3 is 10.1 Å². The Kier molecular flexibility index (Phi) is 5.12. The summed E-state index contributed by atoms with van der Waals surface area (Å²) in [7, 11) is -1.95. The van der Waals surface area contributed by atoms with Gasteiger partial charge in [-0.2, -0.15) is 9.40 Å². The van der Waals surface area contributed by atoms with Crippen LogP contribution in [-0.4, -0.2) is 53.7 Å². The molecular formula is C17H22N4O4S. The number of amides is 1. The number of morpholine rings is 1. The molecule has 1 aromatic carbocycles. The first-order chi connectivity index (χ1) is 12.3. The molecule has 1 fully saturated rings. The zero-order valence-corrected chi connectivity index (χ0v) is 15.7. The SMILES string of the molecule is C[C@@H]1CN(S(=O)(=O)c2cccc(C(=O)Nc3cnn(C)c3)c2)C[C@@H](C)O1. The van der Waals surface area contributed by atoms with Gasteiger partial charge in [0, 0.05) is 31.9 Å². The highest BCUT2D eigenvalue weighted by molar-refractivity contribution is 7.89. The van der Waals surface area contributed by atoms with Crippen LogP contribution in [0.3, 0.4) is 0 Å². The Morgan fingerprint density at radius 1 is 1.27 bits per heavy atom. The van der Waals surface area contributed by atoms with Crippen molar-refractivity contribution in [3.05, 3.63) is 42.2 Å². The van der Waals surface area contributed by atoms with E-state index >= 15 is 0 Å². The third kappa shape index (κ3) is 3.95. The number of ether oxygens (including phenoxy) is 1. The molecule has 1 aromatic heterocycles. The van der Waals surface area contributed by atoms with Gasteiger partial charge in [-0.1, -0.05) is 6.07 Å². The molecule has 2 aromatic rings. The van der Waals surface area contributed by atoms with Crippen LogP contribution in [0.25, 0.3) is 0 Å². The second kappa shape index (κ2) is 7.18. The first kappa shape index (κ1) is 18.6. The lowest BCUT2D eigenvalue weighted by atomic mass is 10.2. The molecule has 0 saturated carbocycles. The van der Waals surface area contributed by atoms with Crippen molar-refractivity contribution in [2.45, 2.75) is 31.0 Å². The van der Waals surface area contributed by atoms with E-state index in [1.165, 1.54) is 22.6 Å². The Labute approximate surface area is 152 Å². The van der Waals surface area contributed by atoms with E-state index in [1.54, 1.807) is 30.1 Å². The predicted molar refractivity (Wildman–Crippen MR) is 96.4 cm³/mol. The lowest BCUT2D eigenvalue weighted by molar-refractivity contribution is -0.0440. The summed E-state index contributed by atoms with van der Waals surface area (Å²) >= 11 is 0. The number of carbonyl (C=O) groups excluding carboxylic acids is 1. The first-order valence-electron chi connectivity index (χ1n) is 8.31. The Hall–Kier alpha value is -2.23. The molecule has 1 N–H and O–H groups in total. The fraction of sp³-hybridized carbons (Fsp3) is 0.412. The molecule has 2 heterocycles. The highest BCUT2D eigenvalue weighted by atomic mass is 32.2. The number of sulfonamides is 1. The number of hydrogen-bond donors (Lipinski definition) is 1. The molecule has 0 bridgehead atoms. The van der Waals surface area contributed by atoms with Gasteiger partial charge in [0.1, 0.15) is 0 Å². The standard InChI is InChI=1S/C17H22N4O4S/c1-12-9-21(10-13(2)25-12)26(23,24)16-6-4-5-14(7-16)17(22)19-15-8-18-20(3)11-15/h4-8,11-13H,9-10H2,1-3H3,(H,19,22)/t12-,13-/m1/s1. The fourth-order valence-corrected chi connectivity index (χ4v) is 4.60. The number of nitrogens with zero attached hydrogens (tertiary/aromatic N) is 3. The van der Waals surface area contributed by atoms with Crippen LogP contribution >= 0.6 is 0 Å². The lowest BCUT2D eigenvalue weighted by Crippen LogP contribution is -2.48. The number of rotatable bonds is 4. The van der Waals surface area contributed by atoms with E-state index in [4.69, 9.17) is 4.74 Å². The molecule has 8 nitrogen and oxygen atoms in total. The van der Waals surface area contributed by atoms with Gasteiger partial charge in [0.15, 0.2) is 0 Å². The van der Waals surface area contributed by atoms with Crippen LogP contribution < -0.4 is 5.32 Å². The molecule has 1 aliphatic heterocycles. The van der Waals surface area contributed by atoms with E-state index in [0.717, 1.165) is 0 Å².